The third-order valence-corrected chi connectivity index (χ3v) is 4.07. The molecule has 0 radical (unpaired) electrons. The van der Waals surface area contributed by atoms with Gasteiger partial charge in [0.25, 0.3) is 0 Å². The second-order valence-corrected chi connectivity index (χ2v) is 5.69. The van der Waals surface area contributed by atoms with Crippen LogP contribution in [0.3, 0.4) is 0 Å². The molecule has 6 heteroatoms. The van der Waals surface area contributed by atoms with Crippen molar-refractivity contribution < 1.29 is 8.42 Å². The lowest BCUT2D eigenvalue weighted by atomic mass is 10.2. The molecule has 4 nitrogen and oxygen atoms in total. The van der Waals surface area contributed by atoms with Gasteiger partial charge in [-0.25, -0.2) is 13.1 Å². The SMILES string of the molecule is CCCNS(=O)(=O)c1cc(C)c(Cl)c(N)c1. The summed E-state index contributed by atoms with van der Waals surface area (Å²) in [6, 6.07) is 2.88. The Morgan fingerprint density at radius 1 is 1.44 bits per heavy atom. The van der Waals surface area contributed by atoms with Crippen LogP contribution in [0.25, 0.3) is 0 Å². The molecule has 3 N–H and O–H groups in total. The summed E-state index contributed by atoms with van der Waals surface area (Å²) >= 11 is 5.86. The summed E-state index contributed by atoms with van der Waals surface area (Å²) in [4.78, 5) is 0.153. The molecule has 0 amide bonds. The first-order valence-electron chi connectivity index (χ1n) is 4.93. The van der Waals surface area contributed by atoms with Crippen molar-refractivity contribution in [1.82, 2.24) is 4.72 Å². The van der Waals surface area contributed by atoms with Crippen LogP contribution < -0.4 is 10.5 Å². The first-order valence-corrected chi connectivity index (χ1v) is 6.80. The Balaban J connectivity index is 3.14. The number of nitrogen functional groups attached to an aromatic ring is 1. The van der Waals surface area contributed by atoms with Crippen LogP contribution in [0.2, 0.25) is 5.02 Å². The molecule has 0 saturated heterocycles. The number of hydrogen-bond acceptors (Lipinski definition) is 3. The molecule has 1 aromatic carbocycles. The van der Waals surface area contributed by atoms with Crippen LogP contribution in [0.5, 0.6) is 0 Å². The number of halogens is 1. The van der Waals surface area contributed by atoms with Crippen molar-refractivity contribution in [1.29, 1.82) is 0 Å². The van der Waals surface area contributed by atoms with Crippen LogP contribution in [0.15, 0.2) is 17.0 Å². The van der Waals surface area contributed by atoms with Crippen LogP contribution >= 0.6 is 11.6 Å². The van der Waals surface area contributed by atoms with Crippen LogP contribution in [0.1, 0.15) is 18.9 Å². The molecule has 0 bridgehead atoms. The molecule has 0 aromatic heterocycles. The molecule has 0 atom stereocenters. The molecule has 0 aliphatic rings. The van der Waals surface area contributed by atoms with E-state index in [1.54, 1.807) is 6.92 Å². The zero-order chi connectivity index (χ0) is 12.3. The summed E-state index contributed by atoms with van der Waals surface area (Å²) in [6.45, 7) is 4.02. The number of anilines is 1. The number of benzene rings is 1. The lowest BCUT2D eigenvalue weighted by molar-refractivity contribution is 0.581. The van der Waals surface area contributed by atoms with Crippen LogP contribution in [0, 0.1) is 6.92 Å². The van der Waals surface area contributed by atoms with Gasteiger partial charge in [-0.05, 0) is 31.0 Å². The van der Waals surface area contributed by atoms with Crippen molar-refractivity contribution >= 4 is 27.3 Å². The minimum Gasteiger partial charge on any atom is -0.397 e. The van der Waals surface area contributed by atoms with E-state index in [1.165, 1.54) is 12.1 Å². The highest BCUT2D eigenvalue weighted by atomic mass is 35.5. The zero-order valence-corrected chi connectivity index (χ0v) is 10.8. The predicted molar refractivity (Wildman–Crippen MR) is 66.1 cm³/mol. The Hall–Kier alpha value is -0.780. The first kappa shape index (κ1) is 13.3. The number of rotatable bonds is 4. The summed E-state index contributed by atoms with van der Waals surface area (Å²) in [5, 5.41) is 0.398. The standard InChI is InChI=1S/C10H15ClN2O2S/c1-3-4-13-16(14,15)8-5-7(2)10(11)9(12)6-8/h5-6,13H,3-4,12H2,1-2H3. The van der Waals surface area contributed by atoms with E-state index in [9.17, 15) is 8.42 Å². The maximum absolute atomic E-state index is 11.8. The summed E-state index contributed by atoms with van der Waals surface area (Å²) < 4.78 is 26.1. The van der Waals surface area contributed by atoms with E-state index in [0.717, 1.165) is 6.42 Å². The highest BCUT2D eigenvalue weighted by Gasteiger charge is 2.15. The molecule has 0 spiro atoms. The van der Waals surface area contributed by atoms with Crippen LogP contribution in [-0.4, -0.2) is 15.0 Å². The molecule has 1 aromatic rings. The average molecular weight is 263 g/mol. The van der Waals surface area contributed by atoms with E-state index in [-0.39, 0.29) is 10.6 Å². The van der Waals surface area contributed by atoms with Gasteiger partial charge in [0.1, 0.15) is 0 Å². The van der Waals surface area contributed by atoms with E-state index in [4.69, 9.17) is 17.3 Å². The maximum Gasteiger partial charge on any atom is 0.240 e. The summed E-state index contributed by atoms with van der Waals surface area (Å²) in [5.74, 6) is 0. The molecule has 0 heterocycles. The number of nitrogens with one attached hydrogen (secondary N) is 1. The highest BCUT2D eigenvalue weighted by molar-refractivity contribution is 7.89. The van der Waals surface area contributed by atoms with Crippen LogP contribution in [-0.2, 0) is 10.0 Å². The first-order chi connectivity index (χ1) is 7.38. The Bertz CT molecular complexity index is 463. The molecule has 0 fully saturated rings. The normalized spacial score (nSPS) is 11.7. The smallest absolute Gasteiger partial charge is 0.240 e. The molecule has 16 heavy (non-hydrogen) atoms. The third-order valence-electron chi connectivity index (χ3n) is 2.11. The lowest BCUT2D eigenvalue weighted by Crippen LogP contribution is -2.24. The number of hydrogen-bond donors (Lipinski definition) is 2. The van der Waals surface area contributed by atoms with Gasteiger partial charge in [-0.2, -0.15) is 0 Å². The number of nitrogens with two attached hydrogens (primary N) is 1. The molecule has 90 valence electrons. The van der Waals surface area contributed by atoms with E-state index < -0.39 is 10.0 Å². The fourth-order valence-corrected chi connectivity index (χ4v) is 2.60. The summed E-state index contributed by atoms with van der Waals surface area (Å²) in [5.41, 5.74) is 6.55. The molecular formula is C10H15ClN2O2S. The molecular weight excluding hydrogens is 248 g/mol. The predicted octanol–water partition coefficient (Wildman–Crippen LogP) is 1.92. The number of sulfonamides is 1. The highest BCUT2D eigenvalue weighted by Crippen LogP contribution is 2.26. The Morgan fingerprint density at radius 3 is 2.56 bits per heavy atom. The van der Waals surface area contributed by atoms with Crippen molar-refractivity contribution in [2.24, 2.45) is 0 Å². The lowest BCUT2D eigenvalue weighted by Gasteiger charge is -2.09. The molecule has 1 rings (SSSR count). The zero-order valence-electron chi connectivity index (χ0n) is 9.25. The van der Waals surface area contributed by atoms with Gasteiger partial charge < -0.3 is 5.73 Å². The van der Waals surface area contributed by atoms with E-state index >= 15 is 0 Å². The Kier molecular flexibility index (Phi) is 4.18. The third kappa shape index (κ3) is 2.87. The van der Waals surface area contributed by atoms with Crippen molar-refractivity contribution in [3.8, 4) is 0 Å². The van der Waals surface area contributed by atoms with Crippen molar-refractivity contribution in [2.75, 3.05) is 12.3 Å². The Morgan fingerprint density at radius 2 is 2.06 bits per heavy atom. The molecule has 0 unspecified atom stereocenters. The fraction of sp³-hybridized carbons (Fsp3) is 0.400. The second-order valence-electron chi connectivity index (χ2n) is 3.54. The maximum atomic E-state index is 11.8. The van der Waals surface area contributed by atoms with Crippen molar-refractivity contribution in [2.45, 2.75) is 25.2 Å². The largest absolute Gasteiger partial charge is 0.397 e. The fourth-order valence-electron chi connectivity index (χ4n) is 1.24. The number of aryl methyl sites for hydroxylation is 1. The molecule has 0 aliphatic carbocycles. The minimum absolute atomic E-state index is 0.153. The summed E-state index contributed by atoms with van der Waals surface area (Å²) in [7, 11) is -3.47. The molecule has 0 aliphatic heterocycles. The van der Waals surface area contributed by atoms with Gasteiger partial charge in [0.15, 0.2) is 0 Å². The van der Waals surface area contributed by atoms with Gasteiger partial charge in [-0.1, -0.05) is 18.5 Å². The molecule has 0 saturated carbocycles. The summed E-state index contributed by atoms with van der Waals surface area (Å²) in [6.07, 6.45) is 0.737. The average Bonchev–Trinajstić information content (AvgIpc) is 2.22. The topological polar surface area (TPSA) is 72.2 Å². The van der Waals surface area contributed by atoms with E-state index in [0.29, 0.717) is 17.1 Å². The van der Waals surface area contributed by atoms with E-state index in [1.807, 2.05) is 6.92 Å². The second kappa shape index (κ2) is 5.03. The monoisotopic (exact) mass is 262 g/mol. The van der Waals surface area contributed by atoms with Gasteiger partial charge in [0.05, 0.1) is 15.6 Å². The van der Waals surface area contributed by atoms with Gasteiger partial charge in [-0.3, -0.25) is 0 Å². The van der Waals surface area contributed by atoms with Gasteiger partial charge in [-0.15, -0.1) is 0 Å². The van der Waals surface area contributed by atoms with Crippen molar-refractivity contribution in [3.63, 3.8) is 0 Å². The quantitative estimate of drug-likeness (QED) is 0.815. The van der Waals surface area contributed by atoms with Crippen molar-refractivity contribution in [3.05, 3.63) is 22.7 Å². The van der Waals surface area contributed by atoms with Gasteiger partial charge in [0, 0.05) is 6.54 Å². The minimum atomic E-state index is -3.47. The van der Waals surface area contributed by atoms with Crippen LogP contribution in [0.4, 0.5) is 5.69 Å². The van der Waals surface area contributed by atoms with E-state index in [2.05, 4.69) is 4.72 Å². The Labute approximate surface area is 101 Å². The van der Waals surface area contributed by atoms with Gasteiger partial charge >= 0.3 is 0 Å². The van der Waals surface area contributed by atoms with Gasteiger partial charge in [0.2, 0.25) is 10.0 Å².